The van der Waals surface area contributed by atoms with Crippen LogP contribution in [0.25, 0.3) is 6.08 Å². The van der Waals surface area contributed by atoms with Gasteiger partial charge in [-0.05, 0) is 62.2 Å². The standard InChI is InChI=1S/C27H25ClN2O6S/c1-5-34-21-13-17(7-12-20(21)36-16(4)31)14-22-25(32)30-24(18-8-10-19(28)11-9-18)23(26(33)35-6-2)15(3)29-27(30)37-22/h7-14,24H,5-6H2,1-4H3/b22-14-/t24-/m0/s1. The number of ether oxygens (including phenoxy) is 3. The number of rotatable bonds is 7. The molecule has 0 unspecified atom stereocenters. The maximum atomic E-state index is 13.7. The minimum Gasteiger partial charge on any atom is -0.490 e. The van der Waals surface area contributed by atoms with Crippen molar-refractivity contribution < 1.29 is 23.8 Å². The number of nitrogens with zero attached hydrogens (tertiary/aromatic N) is 2. The van der Waals surface area contributed by atoms with Gasteiger partial charge in [0.2, 0.25) is 0 Å². The molecule has 10 heteroatoms. The number of carbonyl (C=O) groups is 2. The minimum atomic E-state index is -0.722. The summed E-state index contributed by atoms with van der Waals surface area (Å²) in [6.45, 7) is 7.16. The number of thiazole rings is 1. The average molecular weight is 541 g/mol. The Morgan fingerprint density at radius 2 is 1.84 bits per heavy atom. The average Bonchev–Trinajstić information content (AvgIpc) is 3.14. The van der Waals surface area contributed by atoms with Crippen molar-refractivity contribution in [2.24, 2.45) is 4.99 Å². The number of esters is 2. The number of carbonyl (C=O) groups excluding carboxylic acids is 2. The molecule has 1 aromatic heterocycles. The first kappa shape index (κ1) is 26.4. The number of allylic oxidation sites excluding steroid dienone is 1. The van der Waals surface area contributed by atoms with Crippen LogP contribution in [0.15, 0.2) is 63.5 Å². The highest BCUT2D eigenvalue weighted by Crippen LogP contribution is 2.32. The number of benzene rings is 2. The fourth-order valence-corrected chi connectivity index (χ4v) is 5.20. The molecule has 0 saturated heterocycles. The highest BCUT2D eigenvalue weighted by atomic mass is 35.5. The lowest BCUT2D eigenvalue weighted by molar-refractivity contribution is -0.139. The molecule has 0 bridgehead atoms. The molecule has 0 fully saturated rings. The van der Waals surface area contributed by atoms with Gasteiger partial charge in [0.15, 0.2) is 16.3 Å². The van der Waals surface area contributed by atoms with Gasteiger partial charge < -0.3 is 14.2 Å². The summed E-state index contributed by atoms with van der Waals surface area (Å²) >= 11 is 7.31. The van der Waals surface area contributed by atoms with Crippen molar-refractivity contribution in [3.05, 3.63) is 89.6 Å². The van der Waals surface area contributed by atoms with E-state index >= 15 is 0 Å². The normalized spacial score (nSPS) is 15.2. The predicted octanol–water partition coefficient (Wildman–Crippen LogP) is 3.78. The molecular formula is C27H25ClN2O6S. The zero-order chi connectivity index (χ0) is 26.7. The van der Waals surface area contributed by atoms with Crippen LogP contribution >= 0.6 is 22.9 Å². The first-order chi connectivity index (χ1) is 17.7. The van der Waals surface area contributed by atoms with Gasteiger partial charge in [0.05, 0.1) is 35.1 Å². The van der Waals surface area contributed by atoms with Gasteiger partial charge in [-0.2, -0.15) is 0 Å². The second-order valence-electron chi connectivity index (χ2n) is 8.09. The topological polar surface area (TPSA) is 96.2 Å². The number of halogens is 1. The Balaban J connectivity index is 1.88. The smallest absolute Gasteiger partial charge is 0.338 e. The molecular weight excluding hydrogens is 516 g/mol. The van der Waals surface area contributed by atoms with Crippen LogP contribution in [0.1, 0.15) is 44.9 Å². The van der Waals surface area contributed by atoms with Crippen molar-refractivity contribution in [2.45, 2.75) is 33.7 Å². The van der Waals surface area contributed by atoms with Crippen molar-refractivity contribution in [3.8, 4) is 11.5 Å². The number of aromatic nitrogens is 1. The van der Waals surface area contributed by atoms with Crippen LogP contribution in [0.3, 0.4) is 0 Å². The van der Waals surface area contributed by atoms with Crippen LogP contribution in [-0.2, 0) is 14.3 Å². The molecule has 1 aliphatic rings. The van der Waals surface area contributed by atoms with Crippen LogP contribution in [0, 0.1) is 0 Å². The quantitative estimate of drug-likeness (QED) is 0.334. The SMILES string of the molecule is CCOC(=O)C1=C(C)N=c2s/c(=C\c3ccc(OC(C)=O)c(OCC)c3)c(=O)n2[C@H]1c1ccc(Cl)cc1. The van der Waals surface area contributed by atoms with Gasteiger partial charge in [0.25, 0.3) is 5.56 Å². The second-order valence-corrected chi connectivity index (χ2v) is 9.53. The molecule has 0 aliphatic carbocycles. The van der Waals surface area contributed by atoms with E-state index < -0.39 is 18.0 Å². The molecule has 1 atom stereocenters. The first-order valence-corrected chi connectivity index (χ1v) is 12.8. The van der Waals surface area contributed by atoms with Crippen molar-refractivity contribution in [1.29, 1.82) is 0 Å². The summed E-state index contributed by atoms with van der Waals surface area (Å²) in [5.41, 5.74) is 1.86. The Morgan fingerprint density at radius 3 is 2.49 bits per heavy atom. The van der Waals surface area contributed by atoms with E-state index in [0.717, 1.165) is 0 Å². The Kier molecular flexibility index (Phi) is 7.94. The van der Waals surface area contributed by atoms with Crippen molar-refractivity contribution in [2.75, 3.05) is 13.2 Å². The fourth-order valence-electron chi connectivity index (χ4n) is 4.03. The Morgan fingerprint density at radius 1 is 1.11 bits per heavy atom. The summed E-state index contributed by atoms with van der Waals surface area (Å²) in [6.07, 6.45) is 1.71. The number of fused-ring (bicyclic) bond motifs is 1. The summed E-state index contributed by atoms with van der Waals surface area (Å²) in [6, 6.07) is 11.3. The summed E-state index contributed by atoms with van der Waals surface area (Å²) < 4.78 is 18.1. The largest absolute Gasteiger partial charge is 0.490 e. The third-order valence-electron chi connectivity index (χ3n) is 5.52. The summed E-state index contributed by atoms with van der Waals surface area (Å²) in [5, 5.41) is 0.539. The lowest BCUT2D eigenvalue weighted by atomic mass is 9.96. The van der Waals surface area contributed by atoms with E-state index in [4.69, 9.17) is 25.8 Å². The molecule has 3 aromatic rings. The molecule has 192 valence electrons. The maximum absolute atomic E-state index is 13.7. The van der Waals surface area contributed by atoms with Gasteiger partial charge in [-0.1, -0.05) is 41.1 Å². The Labute approximate surface area is 222 Å². The van der Waals surface area contributed by atoms with E-state index in [9.17, 15) is 14.4 Å². The van der Waals surface area contributed by atoms with E-state index in [1.807, 2.05) is 6.92 Å². The maximum Gasteiger partial charge on any atom is 0.338 e. The lowest BCUT2D eigenvalue weighted by Gasteiger charge is -2.24. The third kappa shape index (κ3) is 5.52. The Bertz CT molecular complexity index is 1570. The second kappa shape index (κ2) is 11.1. The van der Waals surface area contributed by atoms with Gasteiger partial charge in [0, 0.05) is 11.9 Å². The van der Waals surface area contributed by atoms with Crippen LogP contribution in [0.4, 0.5) is 0 Å². The van der Waals surface area contributed by atoms with E-state index in [-0.39, 0.29) is 12.2 Å². The highest BCUT2D eigenvalue weighted by Gasteiger charge is 2.33. The molecule has 0 saturated carbocycles. The van der Waals surface area contributed by atoms with Gasteiger partial charge in [-0.3, -0.25) is 14.2 Å². The molecule has 2 heterocycles. The molecule has 8 nitrogen and oxygen atoms in total. The molecule has 2 aromatic carbocycles. The van der Waals surface area contributed by atoms with Crippen molar-refractivity contribution >= 4 is 41.0 Å². The van der Waals surface area contributed by atoms with E-state index in [0.29, 0.717) is 54.9 Å². The zero-order valence-corrected chi connectivity index (χ0v) is 22.3. The number of hydrogen-bond acceptors (Lipinski definition) is 8. The highest BCUT2D eigenvalue weighted by molar-refractivity contribution is 7.07. The van der Waals surface area contributed by atoms with Gasteiger partial charge in [0.1, 0.15) is 0 Å². The fraction of sp³-hybridized carbons (Fsp3) is 0.259. The van der Waals surface area contributed by atoms with E-state index in [1.165, 1.54) is 22.8 Å². The van der Waals surface area contributed by atoms with E-state index in [2.05, 4.69) is 4.99 Å². The monoisotopic (exact) mass is 540 g/mol. The minimum absolute atomic E-state index is 0.193. The van der Waals surface area contributed by atoms with Crippen LogP contribution < -0.4 is 24.4 Å². The molecule has 0 N–H and O–H groups in total. The van der Waals surface area contributed by atoms with Crippen molar-refractivity contribution in [1.82, 2.24) is 4.57 Å². The molecule has 0 radical (unpaired) electrons. The summed E-state index contributed by atoms with van der Waals surface area (Å²) in [5.74, 6) is -0.304. The van der Waals surface area contributed by atoms with Crippen molar-refractivity contribution in [3.63, 3.8) is 0 Å². The number of hydrogen-bond donors (Lipinski definition) is 0. The molecule has 1 aliphatic heterocycles. The van der Waals surface area contributed by atoms with Crippen LogP contribution in [-0.4, -0.2) is 29.7 Å². The van der Waals surface area contributed by atoms with Gasteiger partial charge in [-0.25, -0.2) is 9.79 Å². The summed E-state index contributed by atoms with van der Waals surface area (Å²) in [7, 11) is 0. The van der Waals surface area contributed by atoms with E-state index in [1.54, 1.807) is 62.4 Å². The molecule has 0 amide bonds. The molecule has 0 spiro atoms. The van der Waals surface area contributed by atoms with Crippen LogP contribution in [0.2, 0.25) is 5.02 Å². The molecule has 37 heavy (non-hydrogen) atoms. The van der Waals surface area contributed by atoms with Crippen LogP contribution in [0.5, 0.6) is 11.5 Å². The third-order valence-corrected chi connectivity index (χ3v) is 6.76. The first-order valence-electron chi connectivity index (χ1n) is 11.6. The molecule has 4 rings (SSSR count). The summed E-state index contributed by atoms with van der Waals surface area (Å²) in [4.78, 5) is 43.1. The zero-order valence-electron chi connectivity index (χ0n) is 20.7. The van der Waals surface area contributed by atoms with Gasteiger partial charge in [-0.15, -0.1) is 0 Å². The Hall–Kier alpha value is -3.69. The predicted molar refractivity (Wildman–Crippen MR) is 141 cm³/mol. The van der Waals surface area contributed by atoms with Gasteiger partial charge >= 0.3 is 11.9 Å². The lowest BCUT2D eigenvalue weighted by Crippen LogP contribution is -2.39.